The molecule has 3 aliphatic heterocycles. The highest BCUT2D eigenvalue weighted by molar-refractivity contribution is 9.09. The number of carbonyl (C=O) groups is 3. The molecule has 38 heavy (non-hydrogen) atoms. The Morgan fingerprint density at radius 3 is 2.47 bits per heavy atom. The van der Waals surface area contributed by atoms with E-state index < -0.39 is 47.1 Å². The van der Waals surface area contributed by atoms with Crippen LogP contribution in [0.4, 0.5) is 0 Å². The molecule has 8 nitrogen and oxygen atoms in total. The molecule has 1 spiro atoms. The first-order valence-electron chi connectivity index (χ1n) is 13.5. The van der Waals surface area contributed by atoms with Crippen molar-refractivity contribution in [2.75, 3.05) is 13.2 Å². The van der Waals surface area contributed by atoms with Gasteiger partial charge in [-0.2, -0.15) is 0 Å². The fraction of sp³-hybridized carbons (Fsp3) is 0.690. The molecule has 2 N–H and O–H groups in total. The lowest BCUT2D eigenvalue weighted by molar-refractivity contribution is -0.155. The number of rotatable bonds is 9. The van der Waals surface area contributed by atoms with E-state index in [4.69, 9.17) is 9.47 Å². The lowest BCUT2D eigenvalue weighted by atomic mass is 9.70. The topological polar surface area (TPSA) is 105 Å². The fourth-order valence-corrected chi connectivity index (χ4v) is 8.12. The van der Waals surface area contributed by atoms with E-state index in [-0.39, 0.29) is 35.3 Å². The molecule has 0 saturated carbocycles. The summed E-state index contributed by atoms with van der Waals surface area (Å²) in [5.41, 5.74) is -0.856. The summed E-state index contributed by atoms with van der Waals surface area (Å²) in [7, 11) is 0. The highest BCUT2D eigenvalue weighted by atomic mass is 79.9. The maximum absolute atomic E-state index is 14.2. The number of alkyl halides is 1. The smallest absolute Gasteiger partial charge is 0.312 e. The molecule has 1 aromatic carbocycles. The normalized spacial score (nSPS) is 31.3. The van der Waals surface area contributed by atoms with Crippen molar-refractivity contribution >= 4 is 33.7 Å². The quantitative estimate of drug-likeness (QED) is 0.337. The van der Waals surface area contributed by atoms with Crippen LogP contribution in [-0.4, -0.2) is 75.2 Å². The zero-order valence-electron chi connectivity index (χ0n) is 23.2. The predicted octanol–water partition coefficient (Wildman–Crippen LogP) is 3.23. The highest BCUT2D eigenvalue weighted by Gasteiger charge is 2.77. The number of esters is 1. The summed E-state index contributed by atoms with van der Waals surface area (Å²) in [6, 6.07) is 7.92. The first-order valence-corrected chi connectivity index (χ1v) is 14.4. The SMILES string of the molecule is CCOC(=O)[C@@H]1[C@H]2O[C@@]3(CC2Br)[C@H](C(=O)NC(C)(C)CC(C)(C)C)N([C@@H](CO)Cc2ccccc2)C(=O)[C@@H]13. The second-order valence-electron chi connectivity index (χ2n) is 12.8. The number of halogens is 1. The average molecular weight is 594 g/mol. The molecule has 2 bridgehead atoms. The van der Waals surface area contributed by atoms with E-state index in [2.05, 4.69) is 42.0 Å². The van der Waals surface area contributed by atoms with Gasteiger partial charge in [-0.05, 0) is 51.0 Å². The number of hydrogen-bond acceptors (Lipinski definition) is 6. The van der Waals surface area contributed by atoms with Crippen molar-refractivity contribution in [3.8, 4) is 0 Å². The number of fused-ring (bicyclic) bond motifs is 1. The van der Waals surface area contributed by atoms with Crippen LogP contribution in [-0.2, 0) is 30.3 Å². The number of nitrogens with zero attached hydrogens (tertiary/aromatic N) is 1. The van der Waals surface area contributed by atoms with Gasteiger partial charge in [-0.15, -0.1) is 0 Å². The Morgan fingerprint density at radius 2 is 1.89 bits per heavy atom. The number of aliphatic hydroxyl groups excluding tert-OH is 1. The van der Waals surface area contributed by atoms with Crippen LogP contribution in [0.5, 0.6) is 0 Å². The largest absolute Gasteiger partial charge is 0.466 e. The Kier molecular flexibility index (Phi) is 8.05. The van der Waals surface area contributed by atoms with Crippen molar-refractivity contribution in [1.82, 2.24) is 10.2 Å². The van der Waals surface area contributed by atoms with Crippen molar-refractivity contribution < 1.29 is 29.0 Å². The molecule has 4 rings (SSSR count). The fourth-order valence-electron chi connectivity index (χ4n) is 7.18. The number of hydrogen-bond donors (Lipinski definition) is 2. The van der Waals surface area contributed by atoms with E-state index in [1.165, 1.54) is 4.90 Å². The molecule has 3 heterocycles. The summed E-state index contributed by atoms with van der Waals surface area (Å²) in [6.07, 6.45) is 0.921. The van der Waals surface area contributed by atoms with Crippen LogP contribution in [0.2, 0.25) is 0 Å². The van der Waals surface area contributed by atoms with Gasteiger partial charge < -0.3 is 24.8 Å². The number of likely N-dealkylation sites (tertiary alicyclic amines) is 1. The zero-order valence-corrected chi connectivity index (χ0v) is 24.8. The van der Waals surface area contributed by atoms with E-state index in [0.717, 1.165) is 5.56 Å². The molecular weight excluding hydrogens is 552 g/mol. The lowest BCUT2D eigenvalue weighted by Crippen LogP contribution is -2.61. The average Bonchev–Trinajstić information content (AvgIpc) is 3.39. The molecule has 9 heteroatoms. The number of benzene rings is 1. The van der Waals surface area contributed by atoms with Crippen LogP contribution in [0.15, 0.2) is 30.3 Å². The standard InChI is InChI=1S/C29H41BrN2O6/c1-7-37-26(36)20-21-25(35)32(18(15-33)13-17-11-9-8-10-12-17)23(29(21)14-19(30)22(20)38-29)24(34)31-28(5,6)16-27(2,3)4/h8-12,18-23,33H,7,13-16H2,1-6H3,(H,31,34)/t18-,19?,20+,21-,22+,23+,29-/m1/s1. The molecule has 0 aromatic heterocycles. The minimum absolute atomic E-state index is 0.0397. The predicted molar refractivity (Wildman–Crippen MR) is 146 cm³/mol. The van der Waals surface area contributed by atoms with Gasteiger partial charge in [-0.25, -0.2) is 0 Å². The van der Waals surface area contributed by atoms with Crippen molar-refractivity contribution in [2.24, 2.45) is 17.3 Å². The van der Waals surface area contributed by atoms with Crippen molar-refractivity contribution in [3.63, 3.8) is 0 Å². The summed E-state index contributed by atoms with van der Waals surface area (Å²) in [6.45, 7) is 11.9. The third kappa shape index (κ3) is 5.26. The van der Waals surface area contributed by atoms with Crippen molar-refractivity contribution in [2.45, 2.75) is 95.0 Å². The maximum Gasteiger partial charge on any atom is 0.312 e. The molecule has 2 amide bonds. The Balaban J connectivity index is 1.76. The molecule has 0 radical (unpaired) electrons. The van der Waals surface area contributed by atoms with Gasteiger partial charge in [-0.1, -0.05) is 67.0 Å². The van der Waals surface area contributed by atoms with Crippen molar-refractivity contribution in [1.29, 1.82) is 0 Å². The Bertz CT molecular complexity index is 1060. The molecule has 3 aliphatic rings. The Hall–Kier alpha value is -1.97. The van der Waals surface area contributed by atoms with Gasteiger partial charge in [0, 0.05) is 10.4 Å². The third-order valence-electron chi connectivity index (χ3n) is 7.89. The first-order chi connectivity index (χ1) is 17.7. The molecule has 1 unspecified atom stereocenters. The molecule has 3 fully saturated rings. The summed E-state index contributed by atoms with van der Waals surface area (Å²) >= 11 is 3.67. The zero-order chi connectivity index (χ0) is 28.0. The number of amides is 2. The maximum atomic E-state index is 14.2. The van der Waals surface area contributed by atoms with Gasteiger partial charge >= 0.3 is 5.97 Å². The summed E-state index contributed by atoms with van der Waals surface area (Å²) in [4.78, 5) is 42.9. The number of carbonyl (C=O) groups excluding carboxylic acids is 3. The van der Waals surface area contributed by atoms with Crippen molar-refractivity contribution in [3.05, 3.63) is 35.9 Å². The summed E-state index contributed by atoms with van der Waals surface area (Å²) in [5.74, 6) is -2.83. The van der Waals surface area contributed by atoms with Gasteiger partial charge in [0.25, 0.3) is 0 Å². The minimum atomic E-state index is -1.20. The number of ether oxygens (including phenoxy) is 2. The molecular formula is C29H41BrN2O6. The second kappa shape index (κ2) is 10.5. The minimum Gasteiger partial charge on any atom is -0.466 e. The van der Waals surface area contributed by atoms with Crippen LogP contribution < -0.4 is 5.32 Å². The lowest BCUT2D eigenvalue weighted by Gasteiger charge is -2.40. The molecule has 1 aromatic rings. The summed E-state index contributed by atoms with van der Waals surface area (Å²) in [5, 5.41) is 13.7. The Labute approximate surface area is 233 Å². The van der Waals surface area contributed by atoms with E-state index in [1.54, 1.807) is 6.92 Å². The van der Waals surface area contributed by atoms with E-state index in [9.17, 15) is 19.5 Å². The third-order valence-corrected chi connectivity index (χ3v) is 8.73. The van der Waals surface area contributed by atoms with Gasteiger partial charge in [-0.3, -0.25) is 14.4 Å². The first kappa shape index (κ1) is 29.0. The van der Waals surface area contributed by atoms with Gasteiger partial charge in [0.2, 0.25) is 11.8 Å². The monoisotopic (exact) mass is 592 g/mol. The van der Waals surface area contributed by atoms with E-state index in [1.807, 2.05) is 44.2 Å². The van der Waals surface area contributed by atoms with Gasteiger partial charge in [0.15, 0.2) is 0 Å². The van der Waals surface area contributed by atoms with E-state index in [0.29, 0.717) is 19.3 Å². The van der Waals surface area contributed by atoms with Crippen LogP contribution in [0.1, 0.15) is 59.9 Å². The van der Waals surface area contributed by atoms with E-state index >= 15 is 0 Å². The molecule has 7 atom stereocenters. The second-order valence-corrected chi connectivity index (χ2v) is 14.0. The molecule has 3 saturated heterocycles. The number of aliphatic hydroxyl groups is 1. The number of nitrogens with one attached hydrogen (secondary N) is 1. The van der Waals surface area contributed by atoms with Crippen LogP contribution in [0, 0.1) is 17.3 Å². The van der Waals surface area contributed by atoms with Crippen LogP contribution >= 0.6 is 15.9 Å². The summed E-state index contributed by atoms with van der Waals surface area (Å²) < 4.78 is 11.9. The van der Waals surface area contributed by atoms with Crippen LogP contribution in [0.25, 0.3) is 0 Å². The highest BCUT2D eigenvalue weighted by Crippen LogP contribution is 2.60. The van der Waals surface area contributed by atoms with Gasteiger partial charge in [0.05, 0.1) is 37.2 Å². The van der Waals surface area contributed by atoms with Crippen LogP contribution in [0.3, 0.4) is 0 Å². The Morgan fingerprint density at radius 1 is 1.24 bits per heavy atom. The van der Waals surface area contributed by atoms with Gasteiger partial charge in [0.1, 0.15) is 11.6 Å². The molecule has 210 valence electrons. The molecule has 0 aliphatic carbocycles.